The molecule has 7 nitrogen and oxygen atoms in total. The van der Waals surface area contributed by atoms with Gasteiger partial charge in [-0.05, 0) is 52.7 Å². The lowest BCUT2D eigenvalue weighted by atomic mass is 10.2. The van der Waals surface area contributed by atoms with Crippen molar-refractivity contribution < 1.29 is 14.0 Å². The summed E-state index contributed by atoms with van der Waals surface area (Å²) < 4.78 is 5.62. The third-order valence-electron chi connectivity index (χ3n) is 4.70. The summed E-state index contributed by atoms with van der Waals surface area (Å²) in [4.78, 5) is 28.5. The number of nitrogens with one attached hydrogen (secondary N) is 2. The molecule has 1 aromatic carbocycles. The molecule has 2 heterocycles. The van der Waals surface area contributed by atoms with Crippen LogP contribution in [-0.2, 0) is 4.79 Å². The number of benzene rings is 1. The Kier molecular flexibility index (Phi) is 7.11. The van der Waals surface area contributed by atoms with Gasteiger partial charge in [-0.2, -0.15) is 0 Å². The van der Waals surface area contributed by atoms with Gasteiger partial charge in [-0.1, -0.05) is 12.1 Å². The van der Waals surface area contributed by atoms with Gasteiger partial charge in [-0.3, -0.25) is 14.5 Å². The Morgan fingerprint density at radius 1 is 1.11 bits per heavy atom. The minimum atomic E-state index is -0.409. The maximum absolute atomic E-state index is 11.9. The van der Waals surface area contributed by atoms with E-state index in [-0.39, 0.29) is 18.2 Å². The monoisotopic (exact) mass is 448 g/mol. The number of hydrogen-bond donors (Lipinski definition) is 2. The molecule has 1 aliphatic rings. The van der Waals surface area contributed by atoms with E-state index in [0.29, 0.717) is 11.2 Å². The molecule has 28 heavy (non-hydrogen) atoms. The quantitative estimate of drug-likeness (QED) is 0.677. The molecule has 0 saturated carbocycles. The van der Waals surface area contributed by atoms with Crippen molar-refractivity contribution in [3.05, 3.63) is 52.4 Å². The van der Waals surface area contributed by atoms with Gasteiger partial charge in [-0.15, -0.1) is 0 Å². The summed E-state index contributed by atoms with van der Waals surface area (Å²) >= 11 is 3.14. The highest BCUT2D eigenvalue weighted by Crippen LogP contribution is 2.17. The second kappa shape index (κ2) is 9.75. The first-order valence-electron chi connectivity index (χ1n) is 9.35. The number of furan rings is 1. The van der Waals surface area contributed by atoms with Crippen LogP contribution < -0.4 is 15.5 Å². The predicted molar refractivity (Wildman–Crippen MR) is 112 cm³/mol. The van der Waals surface area contributed by atoms with Gasteiger partial charge in [0.25, 0.3) is 5.91 Å². The van der Waals surface area contributed by atoms with Crippen molar-refractivity contribution >= 4 is 33.4 Å². The Morgan fingerprint density at radius 3 is 2.57 bits per heavy atom. The number of hydrogen-bond acceptors (Lipinski definition) is 5. The van der Waals surface area contributed by atoms with Gasteiger partial charge in [0, 0.05) is 45.0 Å². The van der Waals surface area contributed by atoms with Crippen LogP contribution in [-0.4, -0.2) is 62.5 Å². The van der Waals surface area contributed by atoms with Crippen LogP contribution in [0.5, 0.6) is 0 Å². The predicted octanol–water partition coefficient (Wildman–Crippen LogP) is 2.02. The molecule has 0 bridgehead atoms. The molecule has 2 amide bonds. The first-order chi connectivity index (χ1) is 13.5. The molecule has 0 atom stereocenters. The molecule has 0 radical (unpaired) electrons. The molecule has 2 aromatic rings. The fourth-order valence-electron chi connectivity index (χ4n) is 3.15. The molecule has 2 N–H and O–H groups in total. The van der Waals surface area contributed by atoms with Crippen molar-refractivity contribution in [3.8, 4) is 0 Å². The standard InChI is InChI=1S/C20H25BrN4O3/c1-15-3-2-4-16(13-15)25-11-9-24(10-12-25)8-7-22-19(26)14-23-20(27)17-5-6-18(21)28-17/h2-6,13H,7-12,14H2,1H3,(H,22,26)(H,23,27). The van der Waals surface area contributed by atoms with Crippen LogP contribution in [0.4, 0.5) is 5.69 Å². The van der Waals surface area contributed by atoms with E-state index in [1.165, 1.54) is 11.3 Å². The number of rotatable bonds is 7. The zero-order valence-corrected chi connectivity index (χ0v) is 17.5. The minimum Gasteiger partial charge on any atom is -0.444 e. The maximum Gasteiger partial charge on any atom is 0.287 e. The smallest absolute Gasteiger partial charge is 0.287 e. The van der Waals surface area contributed by atoms with Crippen LogP contribution in [0.2, 0.25) is 0 Å². The highest BCUT2D eigenvalue weighted by molar-refractivity contribution is 9.10. The molecule has 0 unspecified atom stereocenters. The summed E-state index contributed by atoms with van der Waals surface area (Å²) in [6.07, 6.45) is 0. The van der Waals surface area contributed by atoms with Crippen molar-refractivity contribution in [1.82, 2.24) is 15.5 Å². The zero-order valence-electron chi connectivity index (χ0n) is 15.9. The normalized spacial score (nSPS) is 14.7. The molecule has 0 aliphatic carbocycles. The topological polar surface area (TPSA) is 77.8 Å². The van der Waals surface area contributed by atoms with Crippen molar-refractivity contribution in [3.63, 3.8) is 0 Å². The van der Waals surface area contributed by atoms with Crippen LogP contribution in [0.15, 0.2) is 45.5 Å². The zero-order chi connectivity index (χ0) is 19.9. The summed E-state index contributed by atoms with van der Waals surface area (Å²) in [5.74, 6) is -0.448. The second-order valence-corrected chi connectivity index (χ2v) is 7.59. The molecular formula is C20H25BrN4O3. The fourth-order valence-corrected chi connectivity index (χ4v) is 3.46. The number of piperazine rings is 1. The van der Waals surface area contributed by atoms with Crippen LogP contribution in [0, 0.1) is 6.92 Å². The Hall–Kier alpha value is -2.32. The van der Waals surface area contributed by atoms with Gasteiger partial charge in [0.05, 0.1) is 6.54 Å². The molecule has 1 aromatic heterocycles. The lowest BCUT2D eigenvalue weighted by Gasteiger charge is -2.36. The van der Waals surface area contributed by atoms with Crippen molar-refractivity contribution in [2.24, 2.45) is 0 Å². The summed E-state index contributed by atoms with van der Waals surface area (Å²) in [5, 5.41) is 5.39. The summed E-state index contributed by atoms with van der Waals surface area (Å²) in [7, 11) is 0. The van der Waals surface area contributed by atoms with E-state index in [9.17, 15) is 9.59 Å². The Morgan fingerprint density at radius 2 is 1.89 bits per heavy atom. The largest absolute Gasteiger partial charge is 0.444 e. The first-order valence-corrected chi connectivity index (χ1v) is 10.1. The molecule has 1 fully saturated rings. The first kappa shape index (κ1) is 20.4. The third-order valence-corrected chi connectivity index (χ3v) is 5.12. The van der Waals surface area contributed by atoms with Gasteiger partial charge in [-0.25, -0.2) is 0 Å². The Bertz CT molecular complexity index is 815. The van der Waals surface area contributed by atoms with Gasteiger partial charge in [0.1, 0.15) is 0 Å². The van der Waals surface area contributed by atoms with E-state index in [1.807, 2.05) is 0 Å². The minimum absolute atomic E-state index is 0.0711. The summed E-state index contributed by atoms with van der Waals surface area (Å²) in [5.41, 5.74) is 2.54. The molecule has 1 saturated heterocycles. The van der Waals surface area contributed by atoms with Crippen LogP contribution in [0.3, 0.4) is 0 Å². The van der Waals surface area contributed by atoms with Crippen molar-refractivity contribution in [2.45, 2.75) is 6.92 Å². The molecule has 3 rings (SSSR count). The van der Waals surface area contributed by atoms with Crippen LogP contribution in [0.25, 0.3) is 0 Å². The molecular weight excluding hydrogens is 424 g/mol. The molecule has 150 valence electrons. The number of anilines is 1. The van der Waals surface area contributed by atoms with E-state index in [4.69, 9.17) is 4.42 Å². The van der Waals surface area contributed by atoms with Crippen LogP contribution in [0.1, 0.15) is 16.1 Å². The average molecular weight is 449 g/mol. The van der Waals surface area contributed by atoms with Gasteiger partial charge in [0.2, 0.25) is 5.91 Å². The summed E-state index contributed by atoms with van der Waals surface area (Å²) in [6, 6.07) is 11.8. The Balaban J connectivity index is 1.31. The van der Waals surface area contributed by atoms with E-state index < -0.39 is 5.91 Å². The highest BCUT2D eigenvalue weighted by Gasteiger charge is 2.17. The van der Waals surface area contributed by atoms with E-state index in [1.54, 1.807) is 12.1 Å². The van der Waals surface area contributed by atoms with E-state index in [2.05, 4.69) is 67.6 Å². The Labute approximate surface area is 173 Å². The SMILES string of the molecule is Cc1cccc(N2CCN(CCNC(=O)CNC(=O)c3ccc(Br)o3)CC2)c1. The third kappa shape index (κ3) is 5.84. The van der Waals surface area contributed by atoms with E-state index in [0.717, 1.165) is 32.7 Å². The number of carbonyl (C=O) groups is 2. The number of carbonyl (C=O) groups excluding carboxylic acids is 2. The van der Waals surface area contributed by atoms with Gasteiger partial charge < -0.3 is 20.0 Å². The van der Waals surface area contributed by atoms with Gasteiger partial charge >= 0.3 is 0 Å². The molecule has 1 aliphatic heterocycles. The van der Waals surface area contributed by atoms with Crippen molar-refractivity contribution in [2.75, 3.05) is 50.7 Å². The van der Waals surface area contributed by atoms with E-state index >= 15 is 0 Å². The lowest BCUT2D eigenvalue weighted by Crippen LogP contribution is -2.49. The van der Waals surface area contributed by atoms with Crippen LogP contribution >= 0.6 is 15.9 Å². The summed E-state index contributed by atoms with van der Waals surface area (Å²) in [6.45, 7) is 7.29. The number of nitrogens with zero attached hydrogens (tertiary/aromatic N) is 2. The fraction of sp³-hybridized carbons (Fsp3) is 0.400. The number of aryl methyl sites for hydroxylation is 1. The highest BCUT2D eigenvalue weighted by atomic mass is 79.9. The molecule has 0 spiro atoms. The average Bonchev–Trinajstić information content (AvgIpc) is 3.13. The van der Waals surface area contributed by atoms with Gasteiger partial charge in [0.15, 0.2) is 10.4 Å². The maximum atomic E-state index is 11.9. The lowest BCUT2D eigenvalue weighted by molar-refractivity contribution is -0.120. The number of halogens is 1. The van der Waals surface area contributed by atoms with Crippen molar-refractivity contribution in [1.29, 1.82) is 0 Å². The number of amides is 2. The second-order valence-electron chi connectivity index (χ2n) is 6.80. The molecule has 8 heteroatoms.